The molecule has 4 nitrogen and oxygen atoms in total. The van der Waals surface area contributed by atoms with E-state index in [2.05, 4.69) is 65.8 Å². The summed E-state index contributed by atoms with van der Waals surface area (Å²) in [5.74, 6) is -1.06. The lowest BCUT2D eigenvalue weighted by molar-refractivity contribution is 0.0814. The van der Waals surface area contributed by atoms with Gasteiger partial charge in [-0.1, -0.05) is 35.4 Å². The smallest absolute Gasteiger partial charge is 0.235 e. The van der Waals surface area contributed by atoms with Gasteiger partial charge in [-0.3, -0.25) is 9.59 Å². The zero-order chi connectivity index (χ0) is 24.3. The molecule has 34 heavy (non-hydrogen) atoms. The lowest BCUT2D eigenvalue weighted by Gasteiger charge is -2.20. The van der Waals surface area contributed by atoms with Crippen molar-refractivity contribution in [1.82, 2.24) is 9.97 Å². The van der Waals surface area contributed by atoms with Gasteiger partial charge >= 0.3 is 0 Å². The molecule has 5 rings (SSSR count). The van der Waals surface area contributed by atoms with Gasteiger partial charge < -0.3 is 0 Å². The van der Waals surface area contributed by atoms with Crippen molar-refractivity contribution in [3.8, 4) is 33.9 Å². The van der Waals surface area contributed by atoms with Gasteiger partial charge in [-0.2, -0.15) is 0 Å². The number of carbonyl (C=O) groups excluding carboxylic acids is 2. The zero-order valence-electron chi connectivity index (χ0n) is 20.3. The highest BCUT2D eigenvalue weighted by atomic mass is 16.2. The number of carbonyl (C=O) groups is 2. The van der Waals surface area contributed by atoms with Crippen LogP contribution in [0.3, 0.4) is 0 Å². The average Bonchev–Trinajstić information content (AvgIpc) is 2.76. The van der Waals surface area contributed by atoms with E-state index in [0.29, 0.717) is 22.5 Å². The number of aryl methyl sites for hydroxylation is 6. The summed E-state index contributed by atoms with van der Waals surface area (Å²) in [5, 5.41) is 0. The highest BCUT2D eigenvalue weighted by Gasteiger charge is 2.33. The number of nitrogens with zero attached hydrogens (tertiary/aromatic N) is 2. The molecule has 0 N–H and O–H groups in total. The summed E-state index contributed by atoms with van der Waals surface area (Å²) >= 11 is 0. The van der Waals surface area contributed by atoms with Gasteiger partial charge in [-0.05, 0) is 88.1 Å². The molecule has 168 valence electrons. The SMILES string of the molecule is Cc1cc(C)c(-c2ccc3c(n2)-c2nc(-c4c(C)cc(C)cc4C)ccc2C(=O)C3=O)c(C)c1. The van der Waals surface area contributed by atoms with E-state index in [0.717, 1.165) is 44.8 Å². The molecule has 0 saturated heterocycles. The molecule has 0 bridgehead atoms. The van der Waals surface area contributed by atoms with E-state index in [1.54, 1.807) is 12.1 Å². The lowest BCUT2D eigenvalue weighted by atomic mass is 9.88. The maximum atomic E-state index is 12.9. The summed E-state index contributed by atoms with van der Waals surface area (Å²) in [6.45, 7) is 12.4. The fraction of sp³-hybridized carbons (Fsp3) is 0.200. The van der Waals surface area contributed by atoms with Crippen molar-refractivity contribution in [3.63, 3.8) is 0 Å². The minimum absolute atomic E-state index is 0.311. The minimum atomic E-state index is -0.531. The number of fused-ring (bicyclic) bond motifs is 3. The highest BCUT2D eigenvalue weighted by molar-refractivity contribution is 6.52. The summed E-state index contributed by atoms with van der Waals surface area (Å²) in [7, 11) is 0. The lowest BCUT2D eigenvalue weighted by Crippen LogP contribution is -2.23. The molecule has 2 aromatic carbocycles. The van der Waals surface area contributed by atoms with Crippen LogP contribution in [0.1, 0.15) is 54.1 Å². The Labute approximate surface area is 199 Å². The Morgan fingerprint density at radius 1 is 0.500 bits per heavy atom. The predicted molar refractivity (Wildman–Crippen MR) is 135 cm³/mol. The third kappa shape index (κ3) is 3.38. The maximum Gasteiger partial charge on any atom is 0.235 e. The van der Waals surface area contributed by atoms with Crippen LogP contribution in [0.15, 0.2) is 48.5 Å². The Kier molecular flexibility index (Phi) is 5.05. The number of Topliss-reactive ketones (excluding diaryl/α,β-unsaturated/α-hetero) is 2. The van der Waals surface area contributed by atoms with Crippen LogP contribution in [0.2, 0.25) is 0 Å². The monoisotopic (exact) mass is 446 g/mol. The number of ketones is 2. The molecule has 0 spiro atoms. The van der Waals surface area contributed by atoms with Gasteiger partial charge in [-0.25, -0.2) is 9.97 Å². The molecule has 0 atom stereocenters. The van der Waals surface area contributed by atoms with Crippen molar-refractivity contribution in [2.45, 2.75) is 41.5 Å². The molecule has 4 heteroatoms. The first-order valence-electron chi connectivity index (χ1n) is 11.4. The van der Waals surface area contributed by atoms with Gasteiger partial charge in [0.2, 0.25) is 11.6 Å². The Balaban J connectivity index is 1.76. The Bertz CT molecular complexity index is 1380. The van der Waals surface area contributed by atoms with E-state index in [1.807, 2.05) is 12.1 Å². The number of aromatic nitrogens is 2. The summed E-state index contributed by atoms with van der Waals surface area (Å²) < 4.78 is 0. The number of benzene rings is 2. The summed E-state index contributed by atoms with van der Waals surface area (Å²) in [6.07, 6.45) is 0. The molecule has 0 fully saturated rings. The van der Waals surface area contributed by atoms with Gasteiger partial charge in [0.05, 0.1) is 22.5 Å². The first-order valence-corrected chi connectivity index (χ1v) is 11.4. The van der Waals surface area contributed by atoms with Crippen molar-refractivity contribution in [1.29, 1.82) is 0 Å². The van der Waals surface area contributed by atoms with Gasteiger partial charge in [0.15, 0.2) is 0 Å². The Morgan fingerprint density at radius 3 is 1.15 bits per heavy atom. The zero-order valence-corrected chi connectivity index (χ0v) is 20.3. The number of hydrogen-bond donors (Lipinski definition) is 0. The quantitative estimate of drug-likeness (QED) is 0.321. The van der Waals surface area contributed by atoms with Crippen LogP contribution in [-0.2, 0) is 0 Å². The maximum absolute atomic E-state index is 12.9. The van der Waals surface area contributed by atoms with Crippen LogP contribution in [-0.4, -0.2) is 21.5 Å². The van der Waals surface area contributed by atoms with E-state index >= 15 is 0 Å². The van der Waals surface area contributed by atoms with Crippen molar-refractivity contribution in [2.24, 2.45) is 0 Å². The number of hydrogen-bond acceptors (Lipinski definition) is 4. The second kappa shape index (κ2) is 7.84. The van der Waals surface area contributed by atoms with Crippen molar-refractivity contribution >= 4 is 11.6 Å². The molecule has 0 saturated carbocycles. The average molecular weight is 447 g/mol. The molecular weight excluding hydrogens is 420 g/mol. The van der Waals surface area contributed by atoms with Gasteiger partial charge in [0.1, 0.15) is 11.4 Å². The van der Waals surface area contributed by atoms with Crippen LogP contribution >= 0.6 is 0 Å². The summed E-state index contributed by atoms with van der Waals surface area (Å²) in [6, 6.07) is 15.6. The first-order chi connectivity index (χ1) is 16.2. The summed E-state index contributed by atoms with van der Waals surface area (Å²) in [5.41, 5.74) is 12.1. The molecule has 0 amide bonds. The highest BCUT2D eigenvalue weighted by Crippen LogP contribution is 2.37. The molecule has 1 aliphatic carbocycles. The molecule has 2 heterocycles. The number of pyridine rings is 2. The minimum Gasteiger partial charge on any atom is -0.285 e. The van der Waals surface area contributed by atoms with Gasteiger partial charge in [0, 0.05) is 11.1 Å². The fourth-order valence-electron chi connectivity index (χ4n) is 5.34. The van der Waals surface area contributed by atoms with Crippen LogP contribution in [0.5, 0.6) is 0 Å². The van der Waals surface area contributed by atoms with E-state index in [1.165, 1.54) is 11.1 Å². The molecule has 0 radical (unpaired) electrons. The molecule has 0 aliphatic heterocycles. The largest absolute Gasteiger partial charge is 0.285 e. The molecule has 0 unspecified atom stereocenters. The van der Waals surface area contributed by atoms with Crippen molar-refractivity contribution in [3.05, 3.63) is 93.0 Å². The fourth-order valence-corrected chi connectivity index (χ4v) is 5.34. The van der Waals surface area contributed by atoms with Crippen molar-refractivity contribution in [2.75, 3.05) is 0 Å². The Hall–Kier alpha value is -3.92. The molecule has 2 aromatic heterocycles. The van der Waals surface area contributed by atoms with Gasteiger partial charge in [0.25, 0.3) is 0 Å². The third-order valence-electron chi connectivity index (χ3n) is 6.58. The second-order valence-corrected chi connectivity index (χ2v) is 9.39. The predicted octanol–water partition coefficient (Wildman–Crippen LogP) is 6.71. The topological polar surface area (TPSA) is 59.9 Å². The van der Waals surface area contributed by atoms with Crippen LogP contribution in [0, 0.1) is 41.5 Å². The first kappa shape index (κ1) is 21.9. The van der Waals surface area contributed by atoms with Crippen molar-refractivity contribution < 1.29 is 9.59 Å². The third-order valence-corrected chi connectivity index (χ3v) is 6.58. The van der Waals surface area contributed by atoms with E-state index in [4.69, 9.17) is 9.97 Å². The normalized spacial score (nSPS) is 12.5. The van der Waals surface area contributed by atoms with E-state index in [-0.39, 0.29) is 0 Å². The molecule has 1 aliphatic rings. The van der Waals surface area contributed by atoms with E-state index in [9.17, 15) is 9.59 Å². The second-order valence-electron chi connectivity index (χ2n) is 9.39. The molecule has 4 aromatic rings. The standard InChI is InChI=1S/C30H26N2O2/c1-15-11-17(3)25(18(4)12-15)23-9-7-21-27(31-23)28-22(30(34)29(21)33)8-10-24(32-28)26-19(5)13-16(2)14-20(26)6/h7-14H,1-6H3. The van der Waals surface area contributed by atoms with Crippen LogP contribution < -0.4 is 0 Å². The van der Waals surface area contributed by atoms with E-state index < -0.39 is 11.6 Å². The van der Waals surface area contributed by atoms with Crippen LogP contribution in [0.25, 0.3) is 33.9 Å². The number of rotatable bonds is 2. The Morgan fingerprint density at radius 2 is 0.824 bits per heavy atom. The van der Waals surface area contributed by atoms with Crippen LogP contribution in [0.4, 0.5) is 0 Å². The summed E-state index contributed by atoms with van der Waals surface area (Å²) in [4.78, 5) is 35.6. The van der Waals surface area contributed by atoms with Gasteiger partial charge in [-0.15, -0.1) is 0 Å². The molecular formula is C30H26N2O2.